The Morgan fingerprint density at radius 2 is 2.06 bits per heavy atom. The number of benzene rings is 1. The number of thiol groups is 1. The van der Waals surface area contributed by atoms with E-state index in [9.17, 15) is 0 Å². The Bertz CT molecular complexity index is 846. The van der Waals surface area contributed by atoms with Crippen molar-refractivity contribution < 1.29 is 0 Å². The molecule has 18 heavy (non-hydrogen) atoms. The molecular weight excluding hydrogens is 349 g/mol. The van der Waals surface area contributed by atoms with Crippen molar-refractivity contribution >= 4 is 61.4 Å². The van der Waals surface area contributed by atoms with Gasteiger partial charge in [0.15, 0.2) is 0 Å². The Hall–Kier alpha value is -0.721. The Morgan fingerprint density at radius 3 is 2.78 bits per heavy atom. The molecule has 1 N–H and O–H groups in total. The molecule has 2 aromatic heterocycles. The van der Waals surface area contributed by atoms with Crippen LogP contribution in [0.3, 0.4) is 0 Å². The summed E-state index contributed by atoms with van der Waals surface area (Å²) in [5.74, 6) is 0.675. The normalized spacial score (nSPS) is 10.9. The van der Waals surface area contributed by atoms with E-state index in [2.05, 4.69) is 28.7 Å². The van der Waals surface area contributed by atoms with Gasteiger partial charge in [0.2, 0.25) is 0 Å². The molecule has 3 rings (SSSR count). The van der Waals surface area contributed by atoms with Gasteiger partial charge >= 0.3 is 126 Å². The molecule has 0 unspecified atom stereocenters. The second-order valence-electron chi connectivity index (χ2n) is 3.61. The zero-order valence-electron chi connectivity index (χ0n) is 8.95. The summed E-state index contributed by atoms with van der Waals surface area (Å²) in [6.07, 6.45) is 0. The van der Waals surface area contributed by atoms with Crippen LogP contribution >= 0.6 is 37.1 Å². The predicted molar refractivity (Wildman–Crippen MR) is 81.3 cm³/mol. The first-order valence-electron chi connectivity index (χ1n) is 5.07. The van der Waals surface area contributed by atoms with Crippen LogP contribution in [-0.4, -0.2) is 28.3 Å². The number of hydrogen-bond acceptors (Lipinski definition) is 4. The molecule has 0 saturated heterocycles. The van der Waals surface area contributed by atoms with E-state index in [1.54, 1.807) is 6.07 Å². The molecule has 0 aliphatic rings. The van der Waals surface area contributed by atoms with Crippen molar-refractivity contribution in [3.8, 4) is 5.95 Å². The SMILES string of the molecule is S=c1cc(S)nc(-n2[se]c3ccccc3c2=S)[nH]1. The number of fused-ring (bicyclic) bond motifs is 1. The van der Waals surface area contributed by atoms with Crippen LogP contribution in [0.5, 0.6) is 0 Å². The second kappa shape index (κ2) is 4.75. The summed E-state index contributed by atoms with van der Waals surface area (Å²) >= 11 is 15.0. The van der Waals surface area contributed by atoms with Crippen LogP contribution in [0.1, 0.15) is 0 Å². The molecule has 0 aliphatic carbocycles. The Morgan fingerprint density at radius 1 is 1.28 bits per heavy atom. The van der Waals surface area contributed by atoms with Gasteiger partial charge in [-0.3, -0.25) is 0 Å². The van der Waals surface area contributed by atoms with E-state index < -0.39 is 0 Å². The molecule has 7 heteroatoms. The van der Waals surface area contributed by atoms with Crippen LogP contribution in [0.4, 0.5) is 0 Å². The number of nitrogens with zero attached hydrogens (tertiary/aromatic N) is 2. The summed E-state index contributed by atoms with van der Waals surface area (Å²) in [5.41, 5.74) is 0. The summed E-state index contributed by atoms with van der Waals surface area (Å²) in [7, 11) is 0. The van der Waals surface area contributed by atoms with Crippen LogP contribution in [0.2, 0.25) is 0 Å². The molecule has 3 nitrogen and oxygen atoms in total. The number of nitrogens with one attached hydrogen (secondary N) is 1. The first kappa shape index (κ1) is 12.3. The van der Waals surface area contributed by atoms with E-state index in [1.807, 2.05) is 21.8 Å². The van der Waals surface area contributed by atoms with Crippen molar-refractivity contribution in [2.24, 2.45) is 0 Å². The number of H-pyrrole nitrogens is 1. The fraction of sp³-hybridized carbons (Fsp3) is 0. The number of aromatic amines is 1. The molecule has 3 aromatic rings. The van der Waals surface area contributed by atoms with Gasteiger partial charge in [0, 0.05) is 0 Å². The van der Waals surface area contributed by atoms with Gasteiger partial charge in [-0.25, -0.2) is 0 Å². The topological polar surface area (TPSA) is 33.6 Å². The molecule has 0 saturated carbocycles. The summed E-state index contributed by atoms with van der Waals surface area (Å²) in [5, 5.41) is 1.71. The maximum atomic E-state index is 5.49. The van der Waals surface area contributed by atoms with Crippen LogP contribution < -0.4 is 0 Å². The third kappa shape index (κ3) is 2.13. The van der Waals surface area contributed by atoms with Gasteiger partial charge in [0.1, 0.15) is 0 Å². The molecule has 0 amide bonds. The molecule has 0 fully saturated rings. The van der Waals surface area contributed by atoms with Crippen molar-refractivity contribution in [2.75, 3.05) is 0 Å². The summed E-state index contributed by atoms with van der Waals surface area (Å²) in [4.78, 5) is 7.41. The van der Waals surface area contributed by atoms with Crippen molar-refractivity contribution in [1.82, 2.24) is 13.5 Å². The van der Waals surface area contributed by atoms with E-state index >= 15 is 0 Å². The molecule has 0 atom stereocenters. The number of hydrogen-bond donors (Lipinski definition) is 2. The van der Waals surface area contributed by atoms with E-state index in [4.69, 9.17) is 24.4 Å². The summed E-state index contributed by atoms with van der Waals surface area (Å²) < 4.78 is 4.67. The van der Waals surface area contributed by atoms with Gasteiger partial charge in [-0.05, 0) is 0 Å². The predicted octanol–water partition coefficient (Wildman–Crippen LogP) is 3.16. The summed E-state index contributed by atoms with van der Waals surface area (Å²) in [6.45, 7) is 0. The van der Waals surface area contributed by atoms with Crippen LogP contribution in [0.15, 0.2) is 35.4 Å². The molecule has 1 aromatic carbocycles. The molecular formula is C11H7N3S3Se. The van der Waals surface area contributed by atoms with Gasteiger partial charge in [-0.1, -0.05) is 0 Å². The van der Waals surface area contributed by atoms with Gasteiger partial charge < -0.3 is 0 Å². The molecule has 0 bridgehead atoms. The third-order valence-electron chi connectivity index (χ3n) is 2.40. The zero-order chi connectivity index (χ0) is 12.7. The average Bonchev–Trinajstić information content (AvgIpc) is 2.66. The molecule has 0 spiro atoms. The second-order valence-corrected chi connectivity index (χ2v) is 6.97. The zero-order valence-corrected chi connectivity index (χ0v) is 13.2. The van der Waals surface area contributed by atoms with Crippen LogP contribution in [0.25, 0.3) is 15.6 Å². The van der Waals surface area contributed by atoms with E-state index in [-0.39, 0.29) is 14.7 Å². The number of aromatic nitrogens is 3. The van der Waals surface area contributed by atoms with Gasteiger partial charge in [-0.15, -0.1) is 0 Å². The fourth-order valence-electron chi connectivity index (χ4n) is 1.64. The Kier molecular flexibility index (Phi) is 3.25. The van der Waals surface area contributed by atoms with Gasteiger partial charge in [0.05, 0.1) is 0 Å². The van der Waals surface area contributed by atoms with Gasteiger partial charge in [0.25, 0.3) is 0 Å². The van der Waals surface area contributed by atoms with Crippen LogP contribution in [0, 0.1) is 9.28 Å². The van der Waals surface area contributed by atoms with Crippen molar-refractivity contribution in [1.29, 1.82) is 0 Å². The van der Waals surface area contributed by atoms with Crippen molar-refractivity contribution in [3.63, 3.8) is 0 Å². The third-order valence-corrected chi connectivity index (χ3v) is 5.80. The van der Waals surface area contributed by atoms with Crippen LogP contribution in [-0.2, 0) is 0 Å². The van der Waals surface area contributed by atoms with Crippen molar-refractivity contribution in [3.05, 3.63) is 39.6 Å². The quantitative estimate of drug-likeness (QED) is 0.304. The minimum absolute atomic E-state index is 0.0977. The first-order chi connectivity index (χ1) is 8.65. The Labute approximate surface area is 125 Å². The maximum absolute atomic E-state index is 5.49. The Balaban J connectivity index is 2.35. The van der Waals surface area contributed by atoms with Gasteiger partial charge in [-0.2, -0.15) is 0 Å². The molecule has 0 aliphatic heterocycles. The average molecular weight is 356 g/mol. The fourth-order valence-corrected chi connectivity index (χ4v) is 4.76. The van der Waals surface area contributed by atoms with E-state index in [0.717, 1.165) is 10.0 Å². The monoisotopic (exact) mass is 357 g/mol. The molecule has 90 valence electrons. The van der Waals surface area contributed by atoms with E-state index in [0.29, 0.717) is 15.6 Å². The van der Waals surface area contributed by atoms with Crippen molar-refractivity contribution in [2.45, 2.75) is 5.03 Å². The first-order valence-corrected chi connectivity index (χ1v) is 7.95. The minimum atomic E-state index is 0.0977. The van der Waals surface area contributed by atoms with E-state index in [1.165, 1.54) is 4.26 Å². The number of rotatable bonds is 1. The molecule has 2 heterocycles. The standard InChI is InChI=1S/C11H7N3S3Se/c15-8-5-9(16)13-11(12-8)14-10(17)6-3-1-2-4-7(6)18-14/h1-5H,(H2,12,13,15,16). The molecule has 0 radical (unpaired) electrons. The summed E-state index contributed by atoms with van der Waals surface area (Å²) in [6, 6.07) is 9.87.